The number of carbonyl (C=O) groups is 3. The lowest BCUT2D eigenvalue weighted by atomic mass is 10.0. The second kappa shape index (κ2) is 12.1. The summed E-state index contributed by atoms with van der Waals surface area (Å²) in [7, 11) is 0. The molecule has 0 saturated carbocycles. The van der Waals surface area contributed by atoms with Crippen molar-refractivity contribution in [2.45, 2.75) is 39.5 Å². The van der Waals surface area contributed by atoms with Crippen molar-refractivity contribution in [3.63, 3.8) is 0 Å². The third-order valence-electron chi connectivity index (χ3n) is 5.03. The predicted octanol–water partition coefficient (Wildman–Crippen LogP) is 5.84. The maximum atomic E-state index is 13.0. The zero-order chi connectivity index (χ0) is 22.9. The van der Waals surface area contributed by atoms with Crippen LogP contribution in [0.25, 0.3) is 11.1 Å². The quantitative estimate of drug-likeness (QED) is 0.325. The van der Waals surface area contributed by atoms with Gasteiger partial charge >= 0.3 is 0 Å². The molecule has 0 unspecified atom stereocenters. The summed E-state index contributed by atoms with van der Waals surface area (Å²) >= 11 is 3.54. The molecule has 0 atom stereocenters. The highest BCUT2D eigenvalue weighted by Gasteiger charge is 2.27. The van der Waals surface area contributed by atoms with Crippen LogP contribution < -0.4 is 10.6 Å². The van der Waals surface area contributed by atoms with Gasteiger partial charge in [-0.25, -0.2) is 0 Å². The van der Waals surface area contributed by atoms with E-state index in [4.69, 9.17) is 0 Å². The van der Waals surface area contributed by atoms with Crippen LogP contribution in [0, 0.1) is 0 Å². The molecule has 2 aromatic rings. The monoisotopic (exact) mass is 470 g/mol. The fourth-order valence-electron chi connectivity index (χ4n) is 3.50. The second-order valence-electron chi connectivity index (χ2n) is 7.67. The van der Waals surface area contributed by atoms with Crippen LogP contribution in [0.4, 0.5) is 11.4 Å². The minimum absolute atomic E-state index is 0.0430. The van der Waals surface area contributed by atoms with Gasteiger partial charge in [-0.05, 0) is 59.7 Å². The molecule has 0 aromatic heterocycles. The van der Waals surface area contributed by atoms with Crippen LogP contribution >= 0.6 is 23.5 Å². The number of carbonyl (C=O) groups excluding carboxylic acids is 3. The van der Waals surface area contributed by atoms with Crippen LogP contribution in [-0.4, -0.2) is 40.6 Å². The molecule has 0 radical (unpaired) electrons. The first-order chi connectivity index (χ1) is 15.5. The number of anilines is 2. The number of fused-ring (bicyclic) bond motifs is 3. The summed E-state index contributed by atoms with van der Waals surface area (Å²) in [5.41, 5.74) is 4.14. The molecule has 5 nitrogen and oxygen atoms in total. The fraction of sp³-hybridized carbons (Fsp3) is 0.400. The number of hydrogen-bond donors (Lipinski definition) is 2. The number of thioether (sulfide) groups is 2. The van der Waals surface area contributed by atoms with Gasteiger partial charge in [0.05, 0.1) is 0 Å². The minimum Gasteiger partial charge on any atom is -0.326 e. The van der Waals surface area contributed by atoms with Gasteiger partial charge in [0.1, 0.15) is 0 Å². The molecule has 3 rings (SSSR count). The Bertz CT molecular complexity index is 914. The molecule has 2 amide bonds. The summed E-state index contributed by atoms with van der Waals surface area (Å²) in [5.74, 6) is 3.52. The van der Waals surface area contributed by atoms with Gasteiger partial charge in [-0.1, -0.05) is 26.0 Å². The third-order valence-corrected chi connectivity index (χ3v) is 7.41. The Kier molecular flexibility index (Phi) is 9.23. The number of ketones is 1. The molecule has 32 heavy (non-hydrogen) atoms. The summed E-state index contributed by atoms with van der Waals surface area (Å²) < 4.78 is 0. The molecule has 0 heterocycles. The van der Waals surface area contributed by atoms with E-state index in [9.17, 15) is 14.4 Å². The Morgan fingerprint density at radius 1 is 0.688 bits per heavy atom. The highest BCUT2D eigenvalue weighted by molar-refractivity contribution is 7.99. The zero-order valence-electron chi connectivity index (χ0n) is 18.7. The summed E-state index contributed by atoms with van der Waals surface area (Å²) in [6.45, 7) is 4.24. The van der Waals surface area contributed by atoms with Crippen molar-refractivity contribution in [1.82, 2.24) is 0 Å². The van der Waals surface area contributed by atoms with Gasteiger partial charge < -0.3 is 10.6 Å². The molecule has 1 aliphatic carbocycles. The molecular weight excluding hydrogens is 440 g/mol. The van der Waals surface area contributed by atoms with Gasteiger partial charge in [-0.15, -0.1) is 0 Å². The lowest BCUT2D eigenvalue weighted by Gasteiger charge is -2.08. The van der Waals surface area contributed by atoms with Crippen LogP contribution in [-0.2, 0) is 9.59 Å². The van der Waals surface area contributed by atoms with Crippen molar-refractivity contribution in [3.8, 4) is 11.1 Å². The Hall–Kier alpha value is -2.25. The van der Waals surface area contributed by atoms with Crippen molar-refractivity contribution in [1.29, 1.82) is 0 Å². The van der Waals surface area contributed by atoms with Crippen LogP contribution in [0.15, 0.2) is 36.4 Å². The topological polar surface area (TPSA) is 75.3 Å². The lowest BCUT2D eigenvalue weighted by molar-refractivity contribution is -0.116. The number of amides is 2. The van der Waals surface area contributed by atoms with Gasteiger partial charge in [0.15, 0.2) is 5.78 Å². The van der Waals surface area contributed by atoms with Gasteiger partial charge in [0, 0.05) is 46.8 Å². The number of benzene rings is 2. The number of hydrogen-bond acceptors (Lipinski definition) is 5. The highest BCUT2D eigenvalue weighted by Crippen LogP contribution is 2.39. The van der Waals surface area contributed by atoms with E-state index in [0.717, 1.165) is 47.0 Å². The largest absolute Gasteiger partial charge is 0.326 e. The summed E-state index contributed by atoms with van der Waals surface area (Å²) in [5, 5.41) is 5.80. The van der Waals surface area contributed by atoms with Crippen molar-refractivity contribution >= 4 is 52.5 Å². The maximum absolute atomic E-state index is 13.0. The first-order valence-electron chi connectivity index (χ1n) is 11.1. The molecule has 0 spiro atoms. The smallest absolute Gasteiger partial charge is 0.225 e. The molecule has 170 valence electrons. The first kappa shape index (κ1) is 24.4. The van der Waals surface area contributed by atoms with E-state index in [-0.39, 0.29) is 17.6 Å². The normalized spacial score (nSPS) is 11.8. The average Bonchev–Trinajstić information content (AvgIpc) is 3.05. The second-order valence-corrected chi connectivity index (χ2v) is 10.1. The predicted molar refractivity (Wildman–Crippen MR) is 137 cm³/mol. The van der Waals surface area contributed by atoms with Gasteiger partial charge in [0.25, 0.3) is 0 Å². The van der Waals surface area contributed by atoms with Crippen molar-refractivity contribution < 1.29 is 14.4 Å². The van der Waals surface area contributed by atoms with Crippen LogP contribution in [0.2, 0.25) is 0 Å². The Labute approximate surface area is 198 Å². The Morgan fingerprint density at radius 3 is 1.53 bits per heavy atom. The molecule has 2 N–H and O–H groups in total. The third kappa shape index (κ3) is 6.39. The van der Waals surface area contributed by atoms with E-state index in [0.29, 0.717) is 35.3 Å². The summed E-state index contributed by atoms with van der Waals surface area (Å²) in [6, 6.07) is 10.9. The SMILES string of the molecule is CCCSCCC(=O)Nc1ccc2c(c1)C(=O)c1cc(NC(=O)CCSCCC)ccc1-2. The van der Waals surface area contributed by atoms with Gasteiger partial charge in [-0.2, -0.15) is 23.5 Å². The Balaban J connectivity index is 1.63. The van der Waals surface area contributed by atoms with Crippen molar-refractivity contribution in [2.75, 3.05) is 33.6 Å². The van der Waals surface area contributed by atoms with Crippen LogP contribution in [0.1, 0.15) is 55.5 Å². The molecule has 0 bridgehead atoms. The number of rotatable bonds is 12. The Morgan fingerprint density at radius 2 is 1.12 bits per heavy atom. The molecule has 0 fully saturated rings. The van der Waals surface area contributed by atoms with E-state index in [1.807, 2.05) is 24.3 Å². The minimum atomic E-state index is -0.0841. The summed E-state index contributed by atoms with van der Waals surface area (Å²) in [6.07, 6.45) is 3.11. The standard InChI is InChI=1S/C25H30N2O3S2/c1-3-11-31-13-9-23(28)26-17-5-7-19-20-8-6-18(16-22(20)25(30)21(19)15-17)27-24(29)10-14-32-12-4-2/h5-8,15-16H,3-4,9-14H2,1-2H3,(H,26,28)(H,27,29). The molecular formula is C25H30N2O3S2. The molecule has 0 aliphatic heterocycles. The van der Waals surface area contributed by atoms with Gasteiger partial charge in [-0.3, -0.25) is 14.4 Å². The molecule has 1 aliphatic rings. The maximum Gasteiger partial charge on any atom is 0.225 e. The number of nitrogens with one attached hydrogen (secondary N) is 2. The highest BCUT2D eigenvalue weighted by atomic mass is 32.2. The molecule has 7 heteroatoms. The van der Waals surface area contributed by atoms with Crippen molar-refractivity contribution in [3.05, 3.63) is 47.5 Å². The first-order valence-corrected chi connectivity index (χ1v) is 13.4. The van der Waals surface area contributed by atoms with E-state index < -0.39 is 0 Å². The molecule has 0 saturated heterocycles. The van der Waals surface area contributed by atoms with Crippen LogP contribution in [0.3, 0.4) is 0 Å². The van der Waals surface area contributed by atoms with E-state index in [2.05, 4.69) is 24.5 Å². The van der Waals surface area contributed by atoms with Gasteiger partial charge in [0.2, 0.25) is 11.8 Å². The van der Waals surface area contributed by atoms with E-state index >= 15 is 0 Å². The average molecular weight is 471 g/mol. The van der Waals surface area contributed by atoms with E-state index in [1.165, 1.54) is 0 Å². The summed E-state index contributed by atoms with van der Waals surface area (Å²) in [4.78, 5) is 37.4. The van der Waals surface area contributed by atoms with Crippen molar-refractivity contribution in [2.24, 2.45) is 0 Å². The molecule has 2 aromatic carbocycles. The van der Waals surface area contributed by atoms with Crippen LogP contribution in [0.5, 0.6) is 0 Å². The zero-order valence-corrected chi connectivity index (χ0v) is 20.3. The van der Waals surface area contributed by atoms with E-state index in [1.54, 1.807) is 35.7 Å². The lowest BCUT2D eigenvalue weighted by Crippen LogP contribution is -2.13. The fourth-order valence-corrected chi connectivity index (χ4v) is 5.15.